The van der Waals surface area contributed by atoms with E-state index >= 15 is 0 Å². The Hall–Kier alpha value is -0.610. The Labute approximate surface area is 92.6 Å². The van der Waals surface area contributed by atoms with Crippen LogP contribution in [0.3, 0.4) is 0 Å². The number of nitrogens with zero attached hydrogens (tertiary/aromatic N) is 2. The van der Waals surface area contributed by atoms with Gasteiger partial charge in [-0.3, -0.25) is 4.79 Å². The molecule has 1 saturated heterocycles. The van der Waals surface area contributed by atoms with Crippen molar-refractivity contribution in [3.05, 3.63) is 0 Å². The van der Waals surface area contributed by atoms with Gasteiger partial charge in [0, 0.05) is 38.1 Å². The van der Waals surface area contributed by atoms with E-state index in [0.717, 1.165) is 26.2 Å². The zero-order valence-corrected chi connectivity index (χ0v) is 10.3. The van der Waals surface area contributed by atoms with Crippen LogP contribution in [0.5, 0.6) is 0 Å². The van der Waals surface area contributed by atoms with Crippen molar-refractivity contribution in [3.63, 3.8) is 0 Å². The molecular formula is C11H23N3O. The number of amides is 1. The Bertz CT molecular complexity index is 220. The molecule has 1 aliphatic heterocycles. The van der Waals surface area contributed by atoms with Crippen molar-refractivity contribution in [1.82, 2.24) is 15.1 Å². The normalized spacial score (nSPS) is 25.3. The zero-order chi connectivity index (χ0) is 11.4. The first kappa shape index (κ1) is 12.5. The molecule has 1 amide bonds. The van der Waals surface area contributed by atoms with Gasteiger partial charge < -0.3 is 15.1 Å². The van der Waals surface area contributed by atoms with Crippen LogP contribution in [-0.4, -0.2) is 62.0 Å². The van der Waals surface area contributed by atoms with Crippen LogP contribution >= 0.6 is 0 Å². The van der Waals surface area contributed by atoms with E-state index in [1.165, 1.54) is 0 Å². The number of hydrogen-bond acceptors (Lipinski definition) is 3. The number of carbonyl (C=O) groups is 1. The highest BCUT2D eigenvalue weighted by Crippen LogP contribution is 2.11. The van der Waals surface area contributed by atoms with Crippen LogP contribution in [0.15, 0.2) is 0 Å². The molecule has 88 valence electrons. The van der Waals surface area contributed by atoms with Gasteiger partial charge in [-0.05, 0) is 21.0 Å². The van der Waals surface area contributed by atoms with Gasteiger partial charge in [0.2, 0.25) is 5.91 Å². The SMILES string of the molecule is CNCC(C)C(=O)N1CCN(C)CC1C. The van der Waals surface area contributed by atoms with E-state index in [9.17, 15) is 4.79 Å². The van der Waals surface area contributed by atoms with Crippen molar-refractivity contribution in [2.75, 3.05) is 40.3 Å². The predicted octanol–water partition coefficient (Wildman–Crippen LogP) is 0.00440. The summed E-state index contributed by atoms with van der Waals surface area (Å²) in [5.74, 6) is 0.366. The molecule has 0 radical (unpaired) electrons. The Kier molecular flexibility index (Phi) is 4.54. The van der Waals surface area contributed by atoms with Gasteiger partial charge in [-0.25, -0.2) is 0 Å². The number of piperazine rings is 1. The molecule has 1 aliphatic rings. The Morgan fingerprint density at radius 1 is 1.53 bits per heavy atom. The van der Waals surface area contributed by atoms with Gasteiger partial charge in [-0.15, -0.1) is 0 Å². The fourth-order valence-electron chi connectivity index (χ4n) is 2.14. The molecule has 0 aromatic carbocycles. The molecule has 2 unspecified atom stereocenters. The lowest BCUT2D eigenvalue weighted by Gasteiger charge is -2.39. The van der Waals surface area contributed by atoms with E-state index in [0.29, 0.717) is 6.04 Å². The second-order valence-electron chi connectivity index (χ2n) is 4.60. The second kappa shape index (κ2) is 5.47. The van der Waals surface area contributed by atoms with Crippen LogP contribution in [0.2, 0.25) is 0 Å². The summed E-state index contributed by atoms with van der Waals surface area (Å²) < 4.78 is 0. The topological polar surface area (TPSA) is 35.6 Å². The highest BCUT2D eigenvalue weighted by molar-refractivity contribution is 5.79. The van der Waals surface area contributed by atoms with Crippen molar-refractivity contribution in [2.24, 2.45) is 5.92 Å². The summed E-state index contributed by atoms with van der Waals surface area (Å²) in [6.07, 6.45) is 0. The lowest BCUT2D eigenvalue weighted by molar-refractivity contribution is -0.139. The van der Waals surface area contributed by atoms with Crippen molar-refractivity contribution < 1.29 is 4.79 Å². The maximum Gasteiger partial charge on any atom is 0.227 e. The molecule has 0 aromatic heterocycles. The van der Waals surface area contributed by atoms with E-state index < -0.39 is 0 Å². The maximum absolute atomic E-state index is 12.1. The number of rotatable bonds is 3. The third-order valence-electron chi connectivity index (χ3n) is 3.05. The maximum atomic E-state index is 12.1. The third-order valence-corrected chi connectivity index (χ3v) is 3.05. The first-order chi connectivity index (χ1) is 7.06. The first-order valence-corrected chi connectivity index (χ1v) is 5.70. The van der Waals surface area contributed by atoms with Crippen molar-refractivity contribution in [3.8, 4) is 0 Å². The summed E-state index contributed by atoms with van der Waals surface area (Å²) in [6.45, 7) is 7.71. The molecule has 4 heteroatoms. The summed E-state index contributed by atoms with van der Waals surface area (Å²) in [5, 5.41) is 3.05. The molecule has 0 aromatic rings. The molecule has 1 heterocycles. The molecular weight excluding hydrogens is 190 g/mol. The van der Waals surface area contributed by atoms with Crippen LogP contribution in [0.1, 0.15) is 13.8 Å². The molecule has 0 saturated carbocycles. The van der Waals surface area contributed by atoms with Crippen molar-refractivity contribution >= 4 is 5.91 Å². The van der Waals surface area contributed by atoms with Crippen LogP contribution in [-0.2, 0) is 4.79 Å². The van der Waals surface area contributed by atoms with Crippen molar-refractivity contribution in [1.29, 1.82) is 0 Å². The summed E-state index contributed by atoms with van der Waals surface area (Å²) in [6, 6.07) is 0.343. The van der Waals surface area contributed by atoms with Crippen LogP contribution in [0.4, 0.5) is 0 Å². The summed E-state index contributed by atoms with van der Waals surface area (Å²) in [4.78, 5) is 16.4. The van der Waals surface area contributed by atoms with Gasteiger partial charge >= 0.3 is 0 Å². The Balaban J connectivity index is 2.52. The van der Waals surface area contributed by atoms with E-state index in [2.05, 4.69) is 24.2 Å². The zero-order valence-electron chi connectivity index (χ0n) is 10.3. The Morgan fingerprint density at radius 2 is 2.20 bits per heavy atom. The van der Waals surface area contributed by atoms with Gasteiger partial charge in [0.05, 0.1) is 0 Å². The smallest absolute Gasteiger partial charge is 0.227 e. The number of nitrogens with one attached hydrogen (secondary N) is 1. The first-order valence-electron chi connectivity index (χ1n) is 5.70. The van der Waals surface area contributed by atoms with E-state index in [1.54, 1.807) is 0 Å². The standard InChI is InChI=1S/C11H23N3O/c1-9(7-12-3)11(15)14-6-5-13(4)8-10(14)2/h9-10,12H,5-8H2,1-4H3. The van der Waals surface area contributed by atoms with Gasteiger partial charge in [-0.1, -0.05) is 6.92 Å². The highest BCUT2D eigenvalue weighted by Gasteiger charge is 2.28. The van der Waals surface area contributed by atoms with Gasteiger partial charge in [0.25, 0.3) is 0 Å². The second-order valence-corrected chi connectivity index (χ2v) is 4.60. The van der Waals surface area contributed by atoms with E-state index in [-0.39, 0.29) is 11.8 Å². The Morgan fingerprint density at radius 3 is 2.73 bits per heavy atom. The molecule has 0 bridgehead atoms. The van der Waals surface area contributed by atoms with E-state index in [4.69, 9.17) is 0 Å². The molecule has 0 spiro atoms. The quantitative estimate of drug-likeness (QED) is 0.717. The third kappa shape index (κ3) is 3.18. The lowest BCUT2D eigenvalue weighted by Crippen LogP contribution is -2.54. The minimum Gasteiger partial charge on any atom is -0.337 e. The summed E-state index contributed by atoms with van der Waals surface area (Å²) in [7, 11) is 3.99. The minimum absolute atomic E-state index is 0.0841. The number of likely N-dealkylation sites (N-methyl/N-ethyl adjacent to an activating group) is 1. The van der Waals surface area contributed by atoms with Crippen molar-refractivity contribution in [2.45, 2.75) is 19.9 Å². The summed E-state index contributed by atoms with van der Waals surface area (Å²) >= 11 is 0. The molecule has 15 heavy (non-hydrogen) atoms. The van der Waals surface area contributed by atoms with Crippen LogP contribution < -0.4 is 5.32 Å². The number of carbonyl (C=O) groups excluding carboxylic acids is 1. The average molecular weight is 213 g/mol. The molecule has 1 rings (SSSR count). The number of hydrogen-bond donors (Lipinski definition) is 1. The minimum atomic E-state index is 0.0841. The van der Waals surface area contributed by atoms with Crippen LogP contribution in [0.25, 0.3) is 0 Å². The predicted molar refractivity (Wildman–Crippen MR) is 61.8 cm³/mol. The molecule has 4 nitrogen and oxygen atoms in total. The van der Waals surface area contributed by atoms with E-state index in [1.807, 2.05) is 18.9 Å². The molecule has 2 atom stereocenters. The fraction of sp³-hybridized carbons (Fsp3) is 0.909. The molecule has 1 fully saturated rings. The van der Waals surface area contributed by atoms with Crippen LogP contribution in [0, 0.1) is 5.92 Å². The van der Waals surface area contributed by atoms with Gasteiger partial charge in [0.1, 0.15) is 0 Å². The molecule has 0 aliphatic carbocycles. The summed E-state index contributed by atoms with van der Waals surface area (Å²) in [5.41, 5.74) is 0. The highest BCUT2D eigenvalue weighted by atomic mass is 16.2. The average Bonchev–Trinajstić information content (AvgIpc) is 2.17. The molecule has 1 N–H and O–H groups in total. The van der Waals surface area contributed by atoms with Gasteiger partial charge in [-0.2, -0.15) is 0 Å². The lowest BCUT2D eigenvalue weighted by atomic mass is 10.1. The fourth-order valence-corrected chi connectivity index (χ4v) is 2.14. The monoisotopic (exact) mass is 213 g/mol. The van der Waals surface area contributed by atoms with Gasteiger partial charge in [0.15, 0.2) is 0 Å². The largest absolute Gasteiger partial charge is 0.337 e.